The van der Waals surface area contributed by atoms with Crippen molar-refractivity contribution in [2.75, 3.05) is 0 Å². The minimum Gasteiger partial charge on any atom is -0.476 e. The van der Waals surface area contributed by atoms with Crippen LogP contribution in [0.25, 0.3) is 11.0 Å². The Morgan fingerprint density at radius 3 is 2.18 bits per heavy atom. The number of hydrogen-bond acceptors (Lipinski definition) is 3. The van der Waals surface area contributed by atoms with Crippen molar-refractivity contribution in [1.82, 2.24) is 9.97 Å². The van der Waals surface area contributed by atoms with Crippen LogP contribution in [0.4, 0.5) is 0 Å². The minimum atomic E-state index is -1.02. The molecule has 0 aliphatic rings. The molecule has 0 amide bonds. The molecule has 0 saturated heterocycles. The zero-order valence-electron chi connectivity index (χ0n) is 10.1. The fraction of sp³-hybridized carbons (Fsp3) is 0.308. The third-order valence-corrected chi connectivity index (χ3v) is 2.89. The first-order valence-electron chi connectivity index (χ1n) is 5.54. The van der Waals surface area contributed by atoms with Gasteiger partial charge in [0.15, 0.2) is 5.69 Å². The zero-order valence-corrected chi connectivity index (χ0v) is 10.1. The van der Waals surface area contributed by atoms with Crippen LogP contribution < -0.4 is 0 Å². The largest absolute Gasteiger partial charge is 0.476 e. The molecule has 88 valence electrons. The Morgan fingerprint density at radius 2 is 1.71 bits per heavy atom. The molecule has 4 nitrogen and oxygen atoms in total. The van der Waals surface area contributed by atoms with Crippen LogP contribution in [0.15, 0.2) is 12.1 Å². The van der Waals surface area contributed by atoms with Gasteiger partial charge in [-0.2, -0.15) is 0 Å². The van der Waals surface area contributed by atoms with Crippen LogP contribution >= 0.6 is 0 Å². The van der Waals surface area contributed by atoms with Crippen LogP contribution in [0.3, 0.4) is 0 Å². The summed E-state index contributed by atoms with van der Waals surface area (Å²) in [4.78, 5) is 19.6. The highest BCUT2D eigenvalue weighted by atomic mass is 16.4. The average molecular weight is 230 g/mol. The number of benzene rings is 1. The molecule has 0 spiro atoms. The van der Waals surface area contributed by atoms with Gasteiger partial charge in [-0.1, -0.05) is 6.92 Å². The summed E-state index contributed by atoms with van der Waals surface area (Å²) >= 11 is 0. The van der Waals surface area contributed by atoms with Crippen LogP contribution in [0, 0.1) is 13.8 Å². The van der Waals surface area contributed by atoms with Crippen LogP contribution in [-0.2, 0) is 6.42 Å². The van der Waals surface area contributed by atoms with Gasteiger partial charge in [-0.05, 0) is 43.5 Å². The Bertz CT molecular complexity index is 606. The topological polar surface area (TPSA) is 63.1 Å². The van der Waals surface area contributed by atoms with E-state index in [1.807, 2.05) is 32.9 Å². The van der Waals surface area contributed by atoms with E-state index in [4.69, 9.17) is 5.11 Å². The van der Waals surface area contributed by atoms with Crippen molar-refractivity contribution in [3.05, 3.63) is 34.6 Å². The van der Waals surface area contributed by atoms with E-state index in [1.54, 1.807) is 0 Å². The SMILES string of the molecule is CCc1nc2cc(C)c(C)cc2nc1C(=O)O. The van der Waals surface area contributed by atoms with Gasteiger partial charge in [-0.15, -0.1) is 0 Å². The highest BCUT2D eigenvalue weighted by Crippen LogP contribution is 2.18. The van der Waals surface area contributed by atoms with Gasteiger partial charge in [0.25, 0.3) is 0 Å². The highest BCUT2D eigenvalue weighted by Gasteiger charge is 2.14. The molecular formula is C13H14N2O2. The Balaban J connectivity index is 2.78. The molecule has 4 heteroatoms. The number of fused-ring (bicyclic) bond motifs is 1. The number of rotatable bonds is 2. The maximum Gasteiger partial charge on any atom is 0.356 e. The molecule has 2 aromatic rings. The summed E-state index contributed by atoms with van der Waals surface area (Å²) in [5, 5.41) is 9.08. The van der Waals surface area contributed by atoms with E-state index in [9.17, 15) is 4.79 Å². The number of carboxylic acid groups (broad SMARTS) is 1. The molecular weight excluding hydrogens is 216 g/mol. The predicted molar refractivity (Wildman–Crippen MR) is 65.3 cm³/mol. The lowest BCUT2D eigenvalue weighted by Gasteiger charge is -2.07. The normalized spacial score (nSPS) is 10.8. The molecule has 0 bridgehead atoms. The smallest absolute Gasteiger partial charge is 0.356 e. The number of nitrogens with zero attached hydrogens (tertiary/aromatic N) is 2. The van der Waals surface area contributed by atoms with Gasteiger partial charge >= 0.3 is 5.97 Å². The number of aryl methyl sites for hydroxylation is 3. The maximum absolute atomic E-state index is 11.1. The molecule has 0 unspecified atom stereocenters. The molecule has 0 aliphatic carbocycles. The van der Waals surface area contributed by atoms with Gasteiger partial charge in [0.2, 0.25) is 0 Å². The summed E-state index contributed by atoms with van der Waals surface area (Å²) in [6, 6.07) is 3.83. The molecule has 17 heavy (non-hydrogen) atoms. The van der Waals surface area contributed by atoms with E-state index < -0.39 is 5.97 Å². The van der Waals surface area contributed by atoms with Crippen LogP contribution in [-0.4, -0.2) is 21.0 Å². The second-order valence-corrected chi connectivity index (χ2v) is 4.10. The predicted octanol–water partition coefficient (Wildman–Crippen LogP) is 2.51. The lowest BCUT2D eigenvalue weighted by atomic mass is 10.1. The molecule has 1 aromatic carbocycles. The van der Waals surface area contributed by atoms with Gasteiger partial charge in [0.05, 0.1) is 16.7 Å². The second-order valence-electron chi connectivity index (χ2n) is 4.10. The number of aromatic carboxylic acids is 1. The molecule has 0 atom stereocenters. The van der Waals surface area contributed by atoms with Crippen LogP contribution in [0.1, 0.15) is 34.2 Å². The molecule has 1 heterocycles. The molecule has 0 radical (unpaired) electrons. The first-order chi connectivity index (χ1) is 8.02. The lowest BCUT2D eigenvalue weighted by Crippen LogP contribution is -2.08. The summed E-state index contributed by atoms with van der Waals surface area (Å²) in [6.07, 6.45) is 0.567. The molecule has 0 fully saturated rings. The fourth-order valence-electron chi connectivity index (χ4n) is 1.77. The highest BCUT2D eigenvalue weighted by molar-refractivity contribution is 5.89. The summed E-state index contributed by atoms with van der Waals surface area (Å²) in [7, 11) is 0. The molecule has 0 aliphatic heterocycles. The van der Waals surface area contributed by atoms with Crippen molar-refractivity contribution in [3.63, 3.8) is 0 Å². The Hall–Kier alpha value is -1.97. The van der Waals surface area contributed by atoms with Crippen molar-refractivity contribution >= 4 is 17.0 Å². The lowest BCUT2D eigenvalue weighted by molar-refractivity contribution is 0.0689. The standard InChI is InChI=1S/C13H14N2O2/c1-4-9-12(13(16)17)15-11-6-8(3)7(2)5-10(11)14-9/h5-6H,4H2,1-3H3,(H,16,17). The van der Waals surface area contributed by atoms with Crippen molar-refractivity contribution in [2.45, 2.75) is 27.2 Å². The van der Waals surface area contributed by atoms with E-state index >= 15 is 0 Å². The molecule has 2 rings (SSSR count). The van der Waals surface area contributed by atoms with E-state index in [0.717, 1.165) is 16.6 Å². The van der Waals surface area contributed by atoms with Gasteiger partial charge < -0.3 is 5.11 Å². The summed E-state index contributed by atoms with van der Waals surface area (Å²) in [6.45, 7) is 5.86. The van der Waals surface area contributed by atoms with Gasteiger partial charge in [0.1, 0.15) is 0 Å². The van der Waals surface area contributed by atoms with E-state index in [2.05, 4.69) is 9.97 Å². The average Bonchev–Trinajstić information content (AvgIpc) is 2.29. The van der Waals surface area contributed by atoms with Gasteiger partial charge in [-0.25, -0.2) is 14.8 Å². The Kier molecular flexibility index (Phi) is 2.79. The second kappa shape index (κ2) is 4.13. The van der Waals surface area contributed by atoms with Crippen molar-refractivity contribution in [1.29, 1.82) is 0 Å². The van der Waals surface area contributed by atoms with Gasteiger partial charge in [0, 0.05) is 0 Å². The van der Waals surface area contributed by atoms with Gasteiger partial charge in [-0.3, -0.25) is 0 Å². The number of aromatic nitrogens is 2. The van der Waals surface area contributed by atoms with Crippen molar-refractivity contribution in [2.24, 2.45) is 0 Å². The third-order valence-electron chi connectivity index (χ3n) is 2.89. The van der Waals surface area contributed by atoms with Crippen molar-refractivity contribution in [3.8, 4) is 0 Å². The monoisotopic (exact) mass is 230 g/mol. The first-order valence-corrected chi connectivity index (χ1v) is 5.54. The summed E-state index contributed by atoms with van der Waals surface area (Å²) in [5.41, 5.74) is 4.22. The van der Waals surface area contributed by atoms with E-state index in [-0.39, 0.29) is 5.69 Å². The number of carbonyl (C=O) groups is 1. The maximum atomic E-state index is 11.1. The third kappa shape index (κ3) is 1.98. The van der Waals surface area contributed by atoms with Crippen molar-refractivity contribution < 1.29 is 9.90 Å². The van der Waals surface area contributed by atoms with E-state index in [1.165, 1.54) is 0 Å². The van der Waals surface area contributed by atoms with Crippen LogP contribution in [0.2, 0.25) is 0 Å². The Labute approximate surface area is 99.3 Å². The summed E-state index contributed by atoms with van der Waals surface area (Å²) < 4.78 is 0. The summed E-state index contributed by atoms with van der Waals surface area (Å²) in [5.74, 6) is -1.02. The number of hydrogen-bond donors (Lipinski definition) is 1. The molecule has 1 aromatic heterocycles. The molecule has 1 N–H and O–H groups in total. The first kappa shape index (κ1) is 11.5. The number of carboxylic acids is 1. The zero-order chi connectivity index (χ0) is 12.6. The van der Waals surface area contributed by atoms with Crippen LogP contribution in [0.5, 0.6) is 0 Å². The van der Waals surface area contributed by atoms with E-state index in [0.29, 0.717) is 17.6 Å². The molecule has 0 saturated carbocycles. The fourth-order valence-corrected chi connectivity index (χ4v) is 1.77. The Morgan fingerprint density at radius 1 is 1.18 bits per heavy atom. The quantitative estimate of drug-likeness (QED) is 0.861. The minimum absolute atomic E-state index is 0.0586.